The summed E-state index contributed by atoms with van der Waals surface area (Å²) >= 11 is 7.73. The van der Waals surface area contributed by atoms with Crippen molar-refractivity contribution in [3.63, 3.8) is 0 Å². The van der Waals surface area contributed by atoms with Crippen molar-refractivity contribution in [1.82, 2.24) is 9.78 Å². The number of hydrogen-bond acceptors (Lipinski definition) is 5. The molecule has 5 rings (SSSR count). The Morgan fingerprint density at radius 2 is 2.00 bits per heavy atom. The number of nitrogens with one attached hydrogen (secondary N) is 1. The third-order valence-corrected chi connectivity index (χ3v) is 7.08. The summed E-state index contributed by atoms with van der Waals surface area (Å²) in [6.45, 7) is 2.58. The molecule has 3 heterocycles. The lowest BCUT2D eigenvalue weighted by Crippen LogP contribution is -2.24. The maximum atomic E-state index is 13.0. The number of hydrogen-bond donors (Lipinski definition) is 1. The van der Waals surface area contributed by atoms with Crippen LogP contribution in [-0.2, 0) is 4.79 Å². The summed E-state index contributed by atoms with van der Waals surface area (Å²) in [5.41, 5.74) is 2.90. The van der Waals surface area contributed by atoms with E-state index in [1.807, 2.05) is 43.3 Å². The number of thiophene rings is 1. The van der Waals surface area contributed by atoms with Crippen molar-refractivity contribution in [3.05, 3.63) is 64.1 Å². The van der Waals surface area contributed by atoms with E-state index in [0.29, 0.717) is 34.3 Å². The maximum Gasteiger partial charge on any atom is 0.265 e. The molecule has 7 nitrogen and oxygen atoms in total. The first-order valence-electron chi connectivity index (χ1n) is 10.5. The second kappa shape index (κ2) is 8.53. The van der Waals surface area contributed by atoms with Crippen molar-refractivity contribution in [2.75, 3.05) is 23.9 Å². The van der Waals surface area contributed by atoms with Crippen molar-refractivity contribution >= 4 is 56.3 Å². The van der Waals surface area contributed by atoms with Gasteiger partial charge in [-0.15, -0.1) is 11.3 Å². The lowest BCUT2D eigenvalue weighted by atomic mass is 10.2. The SMILES string of the molecule is COc1cc(NC(=O)c2cc3c(C)nn(-c4ccccc4Cl)c3s2)ccc1N1CCCC1=O. The lowest BCUT2D eigenvalue weighted by molar-refractivity contribution is -0.117. The van der Waals surface area contributed by atoms with Gasteiger partial charge in [-0.05, 0) is 43.7 Å². The van der Waals surface area contributed by atoms with Crippen LogP contribution in [0.2, 0.25) is 5.02 Å². The molecule has 33 heavy (non-hydrogen) atoms. The Bertz CT molecular complexity index is 1390. The molecule has 0 saturated carbocycles. The van der Waals surface area contributed by atoms with E-state index in [9.17, 15) is 9.59 Å². The molecule has 0 atom stereocenters. The monoisotopic (exact) mass is 480 g/mol. The summed E-state index contributed by atoms with van der Waals surface area (Å²) < 4.78 is 7.27. The number of methoxy groups -OCH3 is 1. The van der Waals surface area contributed by atoms with E-state index in [2.05, 4.69) is 10.4 Å². The second-order valence-corrected chi connectivity index (χ2v) is 9.21. The van der Waals surface area contributed by atoms with Gasteiger partial charge in [0.25, 0.3) is 5.91 Å². The number of aryl methyl sites for hydroxylation is 1. The molecular weight excluding hydrogens is 460 g/mol. The Labute approximate surface area is 199 Å². The standard InChI is InChI=1S/C24H21ClN4O3S/c1-14-16-13-21(33-24(16)29(27-14)18-7-4-3-6-17(18)25)23(31)26-15-9-10-19(20(12-15)32-2)28-11-5-8-22(28)30/h3-4,6-7,9-10,12-13H,5,8,11H2,1-2H3,(H,26,31). The van der Waals surface area contributed by atoms with E-state index in [1.54, 1.807) is 28.8 Å². The number of carbonyl (C=O) groups is 2. The average molecular weight is 481 g/mol. The molecule has 1 aliphatic heterocycles. The fourth-order valence-electron chi connectivity index (χ4n) is 4.02. The first-order valence-corrected chi connectivity index (χ1v) is 11.7. The Kier molecular flexibility index (Phi) is 5.55. The summed E-state index contributed by atoms with van der Waals surface area (Å²) in [6, 6.07) is 14.7. The molecule has 168 valence electrons. The highest BCUT2D eigenvalue weighted by molar-refractivity contribution is 7.20. The molecule has 2 amide bonds. The molecule has 0 unspecified atom stereocenters. The minimum atomic E-state index is -0.228. The maximum absolute atomic E-state index is 13.0. The number of carbonyl (C=O) groups excluding carboxylic acids is 2. The van der Waals surface area contributed by atoms with Gasteiger partial charge >= 0.3 is 0 Å². The van der Waals surface area contributed by atoms with Gasteiger partial charge in [-0.1, -0.05) is 23.7 Å². The molecular formula is C24H21ClN4O3S. The fourth-order valence-corrected chi connectivity index (χ4v) is 5.31. The van der Waals surface area contributed by atoms with Crippen LogP contribution in [0.4, 0.5) is 11.4 Å². The Morgan fingerprint density at radius 1 is 1.18 bits per heavy atom. The van der Waals surface area contributed by atoms with Gasteiger partial charge in [0.15, 0.2) is 0 Å². The van der Waals surface area contributed by atoms with Crippen LogP contribution in [-0.4, -0.2) is 35.2 Å². The van der Waals surface area contributed by atoms with Crippen LogP contribution in [0.25, 0.3) is 15.9 Å². The number of fused-ring (bicyclic) bond motifs is 1. The van der Waals surface area contributed by atoms with E-state index in [-0.39, 0.29) is 11.8 Å². The molecule has 9 heteroatoms. The van der Waals surface area contributed by atoms with Crippen LogP contribution in [0.5, 0.6) is 5.75 Å². The number of amides is 2. The number of benzene rings is 2. The molecule has 2 aromatic heterocycles. The topological polar surface area (TPSA) is 76.5 Å². The Morgan fingerprint density at radius 3 is 2.73 bits per heavy atom. The highest BCUT2D eigenvalue weighted by Crippen LogP contribution is 2.35. The van der Waals surface area contributed by atoms with Crippen molar-refractivity contribution < 1.29 is 14.3 Å². The molecule has 1 saturated heterocycles. The van der Waals surface area contributed by atoms with Gasteiger partial charge in [-0.25, -0.2) is 4.68 Å². The Balaban J connectivity index is 1.43. The Hall–Kier alpha value is -3.36. The molecule has 1 fully saturated rings. The zero-order valence-corrected chi connectivity index (χ0v) is 19.7. The molecule has 4 aromatic rings. The van der Waals surface area contributed by atoms with Gasteiger partial charge in [-0.3, -0.25) is 9.59 Å². The minimum Gasteiger partial charge on any atom is -0.494 e. The summed E-state index contributed by atoms with van der Waals surface area (Å²) in [6.07, 6.45) is 1.37. The number of ether oxygens (including phenoxy) is 1. The van der Waals surface area contributed by atoms with Gasteiger partial charge in [0.05, 0.1) is 34.1 Å². The number of rotatable bonds is 5. The molecule has 0 radical (unpaired) electrons. The fraction of sp³-hybridized carbons (Fsp3) is 0.208. The predicted octanol–water partition coefficient (Wildman–Crippen LogP) is 5.44. The van der Waals surface area contributed by atoms with Crippen molar-refractivity contribution in [3.8, 4) is 11.4 Å². The molecule has 1 N–H and O–H groups in total. The van der Waals surface area contributed by atoms with E-state index in [4.69, 9.17) is 16.3 Å². The van der Waals surface area contributed by atoms with Crippen molar-refractivity contribution in [2.45, 2.75) is 19.8 Å². The highest BCUT2D eigenvalue weighted by Gasteiger charge is 2.25. The van der Waals surface area contributed by atoms with Crippen LogP contribution in [0.3, 0.4) is 0 Å². The highest BCUT2D eigenvalue weighted by atomic mass is 35.5. The van der Waals surface area contributed by atoms with Crippen LogP contribution < -0.4 is 15.0 Å². The van der Waals surface area contributed by atoms with Gasteiger partial charge in [0.1, 0.15) is 10.6 Å². The smallest absolute Gasteiger partial charge is 0.265 e. The van der Waals surface area contributed by atoms with Gasteiger partial charge in [-0.2, -0.15) is 5.10 Å². The lowest BCUT2D eigenvalue weighted by Gasteiger charge is -2.19. The third-order valence-electron chi connectivity index (χ3n) is 5.65. The average Bonchev–Trinajstić information content (AvgIpc) is 3.51. The normalized spacial score (nSPS) is 13.7. The van der Waals surface area contributed by atoms with Crippen LogP contribution in [0.15, 0.2) is 48.5 Å². The minimum absolute atomic E-state index is 0.0818. The van der Waals surface area contributed by atoms with Gasteiger partial charge in [0.2, 0.25) is 5.91 Å². The second-order valence-electron chi connectivity index (χ2n) is 7.77. The van der Waals surface area contributed by atoms with Gasteiger partial charge in [0, 0.05) is 30.1 Å². The molecule has 0 aliphatic carbocycles. The largest absolute Gasteiger partial charge is 0.494 e. The summed E-state index contributed by atoms with van der Waals surface area (Å²) in [7, 11) is 1.56. The van der Waals surface area contributed by atoms with E-state index in [0.717, 1.165) is 33.7 Å². The quantitative estimate of drug-likeness (QED) is 0.413. The van der Waals surface area contributed by atoms with Gasteiger partial charge < -0.3 is 15.0 Å². The van der Waals surface area contributed by atoms with Crippen LogP contribution in [0.1, 0.15) is 28.2 Å². The molecule has 0 bridgehead atoms. The van der Waals surface area contributed by atoms with Crippen molar-refractivity contribution in [2.24, 2.45) is 0 Å². The first kappa shape index (κ1) is 21.5. The number of aromatic nitrogens is 2. The number of halogens is 1. The summed E-state index contributed by atoms with van der Waals surface area (Å²) in [5.74, 6) is 0.399. The summed E-state index contributed by atoms with van der Waals surface area (Å²) in [4.78, 5) is 28.3. The van der Waals surface area contributed by atoms with E-state index >= 15 is 0 Å². The van der Waals surface area contributed by atoms with E-state index < -0.39 is 0 Å². The molecule has 1 aliphatic rings. The zero-order valence-electron chi connectivity index (χ0n) is 18.1. The third kappa shape index (κ3) is 3.85. The summed E-state index contributed by atoms with van der Waals surface area (Å²) in [5, 5.41) is 9.03. The van der Waals surface area contributed by atoms with Crippen LogP contribution >= 0.6 is 22.9 Å². The number of anilines is 2. The molecule has 0 spiro atoms. The predicted molar refractivity (Wildman–Crippen MR) is 131 cm³/mol. The molecule has 2 aromatic carbocycles. The van der Waals surface area contributed by atoms with E-state index in [1.165, 1.54) is 11.3 Å². The first-order chi connectivity index (χ1) is 16.0. The zero-order chi connectivity index (χ0) is 23.1. The van der Waals surface area contributed by atoms with Crippen molar-refractivity contribution in [1.29, 1.82) is 0 Å². The number of para-hydroxylation sites is 1. The number of nitrogens with zero attached hydrogens (tertiary/aromatic N) is 3. The van der Waals surface area contributed by atoms with Crippen LogP contribution in [0, 0.1) is 6.92 Å².